The van der Waals surface area contributed by atoms with Crippen LogP contribution in [0.25, 0.3) is 0 Å². The number of carbonyl (C=O) groups is 1. The summed E-state index contributed by atoms with van der Waals surface area (Å²) in [5.41, 5.74) is 11.2. The predicted molar refractivity (Wildman–Crippen MR) is 178 cm³/mol. The van der Waals surface area contributed by atoms with E-state index >= 15 is 0 Å². The number of rotatable bonds is 11. The van der Waals surface area contributed by atoms with Crippen molar-refractivity contribution < 1.29 is 49.0 Å². The van der Waals surface area contributed by atoms with Gasteiger partial charge in [-0.15, -0.1) is 0 Å². The first-order valence-electron chi connectivity index (χ1n) is 15.0. The Morgan fingerprint density at radius 2 is 1.21 bits per heavy atom. The number of halogens is 1. The summed E-state index contributed by atoms with van der Waals surface area (Å²) in [6, 6.07) is 9.15. The first-order chi connectivity index (χ1) is 22.3. The number of hydrogen-bond acceptors (Lipinski definition) is 14. The Balaban J connectivity index is 0.000000329. The molecule has 3 saturated heterocycles. The fourth-order valence-electron chi connectivity index (χ4n) is 3.77. The van der Waals surface area contributed by atoms with Crippen molar-refractivity contribution in [3.8, 4) is 0 Å². The third kappa shape index (κ3) is 21.8. The lowest BCUT2D eigenvalue weighted by atomic mass is 10.2. The number of sulfonamides is 2. The van der Waals surface area contributed by atoms with Gasteiger partial charge in [-0.1, -0.05) is 30.3 Å². The smallest absolute Gasteiger partial charge is 0.407 e. The molecule has 3 fully saturated rings. The summed E-state index contributed by atoms with van der Waals surface area (Å²) in [4.78, 5) is 11.1. The Morgan fingerprint density at radius 3 is 1.57 bits per heavy atom. The van der Waals surface area contributed by atoms with Gasteiger partial charge >= 0.3 is 6.09 Å². The molecule has 0 bridgehead atoms. The minimum Gasteiger partial charge on any atom is -0.445 e. The van der Waals surface area contributed by atoms with Crippen LogP contribution < -0.4 is 22.1 Å². The fraction of sp³-hybridized carbons (Fsp3) is 0.731. The molecular formula is C26H49ClN6O11S3. The Hall–Kier alpha value is -1.69. The quantitative estimate of drug-likeness (QED) is 0.185. The molecule has 3 aliphatic heterocycles. The molecule has 1 amide bonds. The highest BCUT2D eigenvalue weighted by Crippen LogP contribution is 2.05. The molecule has 3 aliphatic rings. The SMILES string of the molecule is C1COCCN1.NCCS(=O)(=O)N1CCOCC1.NCCS(=O)(=O)N1CCOCC1.O=C(NCCS(=O)(=O)Cl)OCc1ccccc1. The van der Waals surface area contributed by atoms with Gasteiger partial charge in [-0.3, -0.25) is 0 Å². The maximum absolute atomic E-state index is 11.4. The largest absolute Gasteiger partial charge is 0.445 e. The summed E-state index contributed by atoms with van der Waals surface area (Å²) in [5, 5.41) is 5.44. The van der Waals surface area contributed by atoms with Gasteiger partial charge in [0.05, 0.1) is 56.9 Å². The topological polar surface area (TPSA) is 239 Å². The van der Waals surface area contributed by atoms with Crippen LogP contribution in [-0.4, -0.2) is 156 Å². The fourth-order valence-corrected chi connectivity index (χ4v) is 6.87. The second kappa shape index (κ2) is 24.4. The second-order valence-electron chi connectivity index (χ2n) is 9.83. The molecule has 3 heterocycles. The number of alkyl carbamates (subject to hydrolysis) is 1. The highest BCUT2D eigenvalue weighted by Gasteiger charge is 2.23. The minimum atomic E-state index is -3.58. The highest BCUT2D eigenvalue weighted by atomic mass is 35.7. The number of carbonyl (C=O) groups excluding carboxylic acids is 1. The Morgan fingerprint density at radius 1 is 0.766 bits per heavy atom. The van der Waals surface area contributed by atoms with Gasteiger partial charge in [0.15, 0.2) is 0 Å². The molecule has 1 aromatic carbocycles. The number of ether oxygens (including phenoxy) is 4. The van der Waals surface area contributed by atoms with Gasteiger partial charge in [0.2, 0.25) is 29.1 Å². The predicted octanol–water partition coefficient (Wildman–Crippen LogP) is -1.70. The monoisotopic (exact) mass is 752 g/mol. The molecular weight excluding hydrogens is 704 g/mol. The van der Waals surface area contributed by atoms with E-state index in [0.29, 0.717) is 52.6 Å². The zero-order valence-corrected chi connectivity index (χ0v) is 29.7. The molecule has 0 atom stereocenters. The average Bonchev–Trinajstić information content (AvgIpc) is 3.06. The maximum Gasteiger partial charge on any atom is 0.407 e. The standard InChI is InChI=1S/C10H12ClNO4S.2C6H14N2O3S.C4H9NO/c11-17(14,15)7-6-12-10(13)16-8-9-4-2-1-3-5-9;2*7-1-6-12(9,10)8-2-4-11-5-3-8;1-3-6-4-2-5-1/h1-5H,6-8H2,(H,12,13);2*1-7H2;5H,1-4H2. The molecule has 0 saturated carbocycles. The van der Waals surface area contributed by atoms with E-state index in [2.05, 4.69) is 10.6 Å². The highest BCUT2D eigenvalue weighted by molar-refractivity contribution is 8.13. The lowest BCUT2D eigenvalue weighted by Gasteiger charge is -2.25. The molecule has 1 aromatic rings. The number of nitrogens with one attached hydrogen (secondary N) is 2. The summed E-state index contributed by atoms with van der Waals surface area (Å²) in [6.45, 7) is 8.07. The lowest BCUT2D eigenvalue weighted by molar-refractivity contribution is 0.0730. The number of benzene rings is 1. The molecule has 0 radical (unpaired) electrons. The van der Waals surface area contributed by atoms with E-state index in [0.717, 1.165) is 31.9 Å². The van der Waals surface area contributed by atoms with Crippen molar-refractivity contribution in [2.45, 2.75) is 6.61 Å². The summed E-state index contributed by atoms with van der Waals surface area (Å²) < 4.78 is 89.4. The van der Waals surface area contributed by atoms with Crippen molar-refractivity contribution in [1.82, 2.24) is 19.2 Å². The Bertz CT molecular complexity index is 1230. The molecule has 0 unspecified atom stereocenters. The van der Waals surface area contributed by atoms with Gasteiger partial charge in [0.1, 0.15) is 6.61 Å². The van der Waals surface area contributed by atoms with Gasteiger partial charge < -0.3 is 41.0 Å². The van der Waals surface area contributed by atoms with E-state index in [1.54, 1.807) is 0 Å². The molecule has 0 spiro atoms. The van der Waals surface area contributed by atoms with Crippen LogP contribution in [0.5, 0.6) is 0 Å². The summed E-state index contributed by atoms with van der Waals surface area (Å²) in [5.74, 6) is -0.255. The first-order valence-corrected chi connectivity index (χ1v) is 20.7. The van der Waals surface area contributed by atoms with Gasteiger partial charge in [0, 0.05) is 69.6 Å². The first kappa shape index (κ1) is 43.3. The van der Waals surface area contributed by atoms with Crippen LogP contribution in [0.15, 0.2) is 30.3 Å². The number of amides is 1. The molecule has 274 valence electrons. The van der Waals surface area contributed by atoms with Crippen LogP contribution in [0.3, 0.4) is 0 Å². The van der Waals surface area contributed by atoms with Crippen LogP contribution in [0.1, 0.15) is 5.56 Å². The van der Waals surface area contributed by atoms with Crippen molar-refractivity contribution in [1.29, 1.82) is 0 Å². The third-order valence-electron chi connectivity index (χ3n) is 6.15. The van der Waals surface area contributed by atoms with Crippen molar-refractivity contribution in [2.75, 3.05) is 116 Å². The van der Waals surface area contributed by atoms with Crippen LogP contribution in [-0.2, 0) is 54.7 Å². The van der Waals surface area contributed by atoms with Crippen molar-refractivity contribution in [3.63, 3.8) is 0 Å². The zero-order valence-electron chi connectivity index (χ0n) is 26.5. The Labute approximate surface area is 283 Å². The van der Waals surface area contributed by atoms with E-state index in [-0.39, 0.29) is 43.5 Å². The summed E-state index contributed by atoms with van der Waals surface area (Å²) >= 11 is 0. The Kier molecular flexibility index (Phi) is 22.5. The van der Waals surface area contributed by atoms with Crippen LogP contribution in [0.4, 0.5) is 4.79 Å². The van der Waals surface area contributed by atoms with Gasteiger partial charge in [-0.05, 0) is 5.56 Å². The van der Waals surface area contributed by atoms with Crippen molar-refractivity contribution >= 4 is 45.9 Å². The summed E-state index contributed by atoms with van der Waals surface area (Å²) in [7, 11) is -4.83. The zero-order chi connectivity index (χ0) is 35.0. The van der Waals surface area contributed by atoms with E-state index in [1.807, 2.05) is 30.3 Å². The van der Waals surface area contributed by atoms with Gasteiger partial charge in [0.25, 0.3) is 0 Å². The number of morpholine rings is 3. The molecule has 17 nitrogen and oxygen atoms in total. The molecule has 0 aliphatic carbocycles. The van der Waals surface area contributed by atoms with E-state index in [9.17, 15) is 30.0 Å². The lowest BCUT2D eigenvalue weighted by Crippen LogP contribution is -2.42. The normalized spacial score (nSPS) is 17.8. The van der Waals surface area contributed by atoms with Gasteiger partial charge in [-0.2, -0.15) is 8.61 Å². The van der Waals surface area contributed by atoms with Crippen LogP contribution >= 0.6 is 10.7 Å². The molecule has 21 heteroatoms. The average molecular weight is 753 g/mol. The molecule has 47 heavy (non-hydrogen) atoms. The van der Waals surface area contributed by atoms with E-state index in [1.165, 1.54) is 8.61 Å². The molecule has 0 aromatic heterocycles. The maximum atomic E-state index is 11.4. The van der Waals surface area contributed by atoms with Crippen LogP contribution in [0, 0.1) is 0 Å². The molecule has 6 N–H and O–H groups in total. The van der Waals surface area contributed by atoms with Gasteiger partial charge in [-0.25, -0.2) is 30.0 Å². The third-order valence-corrected chi connectivity index (χ3v) is 11.1. The molecule has 4 rings (SSSR count). The van der Waals surface area contributed by atoms with Crippen molar-refractivity contribution in [3.05, 3.63) is 35.9 Å². The van der Waals surface area contributed by atoms with E-state index in [4.69, 9.17) is 41.1 Å². The van der Waals surface area contributed by atoms with Crippen molar-refractivity contribution in [2.24, 2.45) is 11.5 Å². The summed E-state index contributed by atoms with van der Waals surface area (Å²) in [6.07, 6.45) is -0.672. The van der Waals surface area contributed by atoms with E-state index < -0.39 is 35.2 Å². The number of nitrogens with two attached hydrogens (primary N) is 2. The number of hydrogen-bond donors (Lipinski definition) is 4. The second-order valence-corrected chi connectivity index (χ2v) is 16.9. The minimum absolute atomic E-state index is 0.0347. The van der Waals surface area contributed by atoms with Crippen LogP contribution in [0.2, 0.25) is 0 Å². The number of nitrogens with zero attached hydrogens (tertiary/aromatic N) is 2.